The molecule has 2 heterocycles. The number of aromatic hydroxyl groups is 4. The number of hydrogen-bond acceptors (Lipinski definition) is 12. The van der Waals surface area contributed by atoms with Gasteiger partial charge < -0.3 is 55.1 Å². The van der Waals surface area contributed by atoms with Crippen molar-refractivity contribution in [2.24, 2.45) is 0 Å². The highest BCUT2D eigenvalue weighted by atomic mass is 16.7. The number of phenolic OH excluding ortho intramolecular Hbond substituents is 4. The lowest BCUT2D eigenvalue weighted by molar-refractivity contribution is -0.268. The van der Waals surface area contributed by atoms with E-state index in [1.54, 1.807) is 0 Å². The minimum Gasteiger partial charge on any atom is -0.504 e. The highest BCUT2D eigenvalue weighted by Crippen LogP contribution is 2.49. The Morgan fingerprint density at radius 1 is 0.879 bits per heavy atom. The van der Waals surface area contributed by atoms with Gasteiger partial charge in [0.25, 0.3) is 0 Å². The van der Waals surface area contributed by atoms with Gasteiger partial charge in [0.15, 0.2) is 35.2 Å². The van der Waals surface area contributed by atoms with Crippen LogP contribution in [0.2, 0.25) is 0 Å². The van der Waals surface area contributed by atoms with Crippen LogP contribution < -0.4 is 9.47 Å². The number of hydrogen-bond donors (Lipinski definition) is 8. The summed E-state index contributed by atoms with van der Waals surface area (Å²) in [7, 11) is 0. The second kappa shape index (κ2) is 8.24. The van der Waals surface area contributed by atoms with E-state index in [9.17, 15) is 45.6 Å². The summed E-state index contributed by atoms with van der Waals surface area (Å²) in [6.45, 7) is 1.40. The fraction of sp³-hybridized carbons (Fsp3) is 0.381. The third-order valence-electron chi connectivity index (χ3n) is 5.62. The molecule has 8 N–H and O–H groups in total. The van der Waals surface area contributed by atoms with Gasteiger partial charge >= 0.3 is 0 Å². The number of rotatable bonds is 3. The summed E-state index contributed by atoms with van der Waals surface area (Å²) < 4.78 is 16.2. The first-order valence-electron chi connectivity index (χ1n) is 9.87. The maximum atomic E-state index is 12.8. The average Bonchev–Trinajstić information content (AvgIpc) is 2.77. The number of aliphatic hydroxyl groups is 4. The van der Waals surface area contributed by atoms with Gasteiger partial charge in [-0.05, 0) is 24.6 Å². The molecule has 1 saturated heterocycles. The van der Waals surface area contributed by atoms with Crippen molar-refractivity contribution in [2.75, 3.05) is 0 Å². The number of carbonyl (C=O) groups excluding carboxylic acids is 1. The molecule has 7 atom stereocenters. The van der Waals surface area contributed by atoms with Gasteiger partial charge in [0, 0.05) is 6.07 Å². The van der Waals surface area contributed by atoms with Crippen LogP contribution in [-0.2, 0) is 4.74 Å². The minimum atomic E-state index is -1.83. The number of ether oxygens (including phenoxy) is 3. The smallest absolute Gasteiger partial charge is 0.229 e. The molecule has 4 rings (SSSR count). The van der Waals surface area contributed by atoms with Gasteiger partial charge in [0.05, 0.1) is 6.10 Å². The van der Waals surface area contributed by atoms with Crippen LogP contribution in [-0.4, -0.2) is 83.4 Å². The van der Waals surface area contributed by atoms with E-state index in [-0.39, 0.29) is 11.3 Å². The number of aliphatic hydroxyl groups excluding tert-OH is 4. The molecule has 33 heavy (non-hydrogen) atoms. The van der Waals surface area contributed by atoms with Crippen LogP contribution in [0.3, 0.4) is 0 Å². The molecule has 12 nitrogen and oxygen atoms in total. The van der Waals surface area contributed by atoms with Crippen LogP contribution in [0.4, 0.5) is 0 Å². The van der Waals surface area contributed by atoms with Crippen molar-refractivity contribution in [3.8, 4) is 34.5 Å². The second-order valence-corrected chi connectivity index (χ2v) is 7.84. The van der Waals surface area contributed by atoms with Gasteiger partial charge in [0.2, 0.25) is 17.8 Å². The molecule has 0 radical (unpaired) electrons. The molecule has 2 aliphatic rings. The molecule has 0 amide bonds. The van der Waals surface area contributed by atoms with Crippen LogP contribution in [0.5, 0.6) is 34.5 Å². The highest BCUT2D eigenvalue weighted by molar-refractivity contribution is 6.06. The number of ketones is 1. The van der Waals surface area contributed by atoms with Crippen molar-refractivity contribution in [1.29, 1.82) is 0 Å². The van der Waals surface area contributed by atoms with Crippen LogP contribution >= 0.6 is 0 Å². The molecule has 0 spiro atoms. The maximum absolute atomic E-state index is 12.8. The number of carbonyl (C=O) groups is 1. The van der Waals surface area contributed by atoms with Gasteiger partial charge in [-0.3, -0.25) is 4.79 Å². The Hall–Kier alpha value is -3.29. The molecule has 12 heteroatoms. The predicted octanol–water partition coefficient (Wildman–Crippen LogP) is -0.607. The van der Waals surface area contributed by atoms with Crippen molar-refractivity contribution in [3.05, 3.63) is 35.4 Å². The molecule has 0 saturated carbocycles. The van der Waals surface area contributed by atoms with E-state index in [0.717, 1.165) is 18.2 Å². The Labute approximate surface area is 186 Å². The van der Waals surface area contributed by atoms with Gasteiger partial charge in [-0.15, -0.1) is 0 Å². The summed E-state index contributed by atoms with van der Waals surface area (Å²) in [5.41, 5.74) is -0.384. The van der Waals surface area contributed by atoms with E-state index in [4.69, 9.17) is 14.2 Å². The zero-order valence-electron chi connectivity index (χ0n) is 17.1. The molecule has 0 aliphatic carbocycles. The minimum absolute atomic E-state index is 0.136. The monoisotopic (exact) mass is 466 g/mol. The molecule has 0 aromatic heterocycles. The average molecular weight is 466 g/mol. The van der Waals surface area contributed by atoms with Crippen molar-refractivity contribution in [1.82, 2.24) is 0 Å². The Balaban J connectivity index is 1.68. The molecule has 2 aromatic rings. The normalized spacial score (nSPS) is 31.5. The topological polar surface area (TPSA) is 207 Å². The first-order valence-corrected chi connectivity index (χ1v) is 9.87. The van der Waals surface area contributed by atoms with Gasteiger partial charge in [-0.25, -0.2) is 0 Å². The number of phenols is 4. The van der Waals surface area contributed by atoms with Crippen molar-refractivity contribution >= 4 is 5.78 Å². The standard InChI is InChI=1S/C21H22O12/c1-6-13(25)16(28)18(30)21(31-6)33-20-10(24)5-11-12(15(20)27)14(26)17(29)19(32-11)7-2-3-8(22)9(23)4-7/h2-6,13,16-19,21-25,27-30H,1H3/t6-,13-,16+,17?,18+,19?,21?/m0/s1. The molecule has 2 aromatic carbocycles. The largest absolute Gasteiger partial charge is 0.504 e. The van der Waals surface area contributed by atoms with Crippen molar-refractivity contribution < 1.29 is 59.9 Å². The zero-order chi connectivity index (χ0) is 24.2. The number of Topliss-reactive ketones (excluding diaryl/α,β-unsaturated/α-hetero) is 1. The highest BCUT2D eigenvalue weighted by Gasteiger charge is 2.45. The van der Waals surface area contributed by atoms with Crippen molar-refractivity contribution in [3.63, 3.8) is 0 Å². The van der Waals surface area contributed by atoms with Crippen LogP contribution in [0.1, 0.15) is 28.9 Å². The summed E-state index contributed by atoms with van der Waals surface area (Å²) in [6.07, 6.45) is -10.6. The van der Waals surface area contributed by atoms with E-state index in [1.807, 2.05) is 0 Å². The number of fused-ring (bicyclic) bond motifs is 1. The van der Waals surface area contributed by atoms with Crippen LogP contribution in [0.25, 0.3) is 0 Å². The van der Waals surface area contributed by atoms with Gasteiger partial charge in [-0.2, -0.15) is 0 Å². The fourth-order valence-corrected chi connectivity index (χ4v) is 3.74. The SMILES string of the molecule is C[C@@H]1OC(Oc2c(O)cc3c(c2O)C(=O)C(O)C(c2ccc(O)c(O)c2)O3)[C@H](O)[C@H](O)[C@H]1O. The van der Waals surface area contributed by atoms with E-state index in [2.05, 4.69) is 0 Å². The van der Waals surface area contributed by atoms with E-state index in [0.29, 0.717) is 0 Å². The molecule has 0 bridgehead atoms. The Morgan fingerprint density at radius 3 is 2.24 bits per heavy atom. The lowest BCUT2D eigenvalue weighted by Gasteiger charge is -2.39. The summed E-state index contributed by atoms with van der Waals surface area (Å²) in [5.74, 6) is -4.55. The Bertz CT molecular complexity index is 1090. The summed E-state index contributed by atoms with van der Waals surface area (Å²) in [4.78, 5) is 12.8. The summed E-state index contributed by atoms with van der Waals surface area (Å²) in [5, 5.41) is 80.5. The Kier molecular flexibility index (Phi) is 5.72. The maximum Gasteiger partial charge on any atom is 0.229 e. The first-order chi connectivity index (χ1) is 15.5. The van der Waals surface area contributed by atoms with E-state index >= 15 is 0 Å². The summed E-state index contributed by atoms with van der Waals surface area (Å²) >= 11 is 0. The molecular weight excluding hydrogens is 444 g/mol. The number of benzene rings is 2. The first kappa shape index (κ1) is 22.9. The zero-order valence-corrected chi connectivity index (χ0v) is 17.1. The Morgan fingerprint density at radius 2 is 1.58 bits per heavy atom. The van der Waals surface area contributed by atoms with Crippen LogP contribution in [0, 0.1) is 0 Å². The molecule has 1 fully saturated rings. The second-order valence-electron chi connectivity index (χ2n) is 7.84. The predicted molar refractivity (Wildman–Crippen MR) is 106 cm³/mol. The lowest BCUT2D eigenvalue weighted by atomic mass is 9.92. The molecule has 178 valence electrons. The van der Waals surface area contributed by atoms with E-state index in [1.165, 1.54) is 13.0 Å². The quantitative estimate of drug-likeness (QED) is 0.267. The third kappa shape index (κ3) is 3.77. The molecule has 2 aliphatic heterocycles. The van der Waals surface area contributed by atoms with Crippen molar-refractivity contribution in [2.45, 2.75) is 49.8 Å². The van der Waals surface area contributed by atoms with Gasteiger partial charge in [-0.1, -0.05) is 6.07 Å². The summed E-state index contributed by atoms with van der Waals surface area (Å²) in [6, 6.07) is 4.46. The molecular formula is C21H22O12. The lowest BCUT2D eigenvalue weighted by Crippen LogP contribution is -2.58. The third-order valence-corrected chi connectivity index (χ3v) is 5.62. The molecule has 3 unspecified atom stereocenters. The van der Waals surface area contributed by atoms with Gasteiger partial charge in [0.1, 0.15) is 29.6 Å². The van der Waals surface area contributed by atoms with Crippen LogP contribution in [0.15, 0.2) is 24.3 Å². The fourth-order valence-electron chi connectivity index (χ4n) is 3.74. The van der Waals surface area contributed by atoms with E-state index < -0.39 is 83.0 Å².